The van der Waals surface area contributed by atoms with Gasteiger partial charge in [0.1, 0.15) is 0 Å². The Kier molecular flexibility index (Phi) is 2.73. The van der Waals surface area contributed by atoms with Crippen molar-refractivity contribution in [3.8, 4) is 0 Å². The van der Waals surface area contributed by atoms with Gasteiger partial charge in [-0.1, -0.05) is 30.3 Å². The van der Waals surface area contributed by atoms with Crippen LogP contribution in [-0.4, -0.2) is 12.1 Å². The van der Waals surface area contributed by atoms with Gasteiger partial charge in [0.2, 0.25) is 0 Å². The Balaban J connectivity index is 2.50. The van der Waals surface area contributed by atoms with Gasteiger partial charge in [-0.2, -0.15) is 0 Å². The zero-order valence-corrected chi connectivity index (χ0v) is 10.3. The number of benzene rings is 1. The second-order valence-electron chi connectivity index (χ2n) is 4.25. The van der Waals surface area contributed by atoms with Crippen LogP contribution in [0.1, 0.15) is 26.3 Å². The molecule has 1 aliphatic rings. The molecular formula is C14H18N2. The van der Waals surface area contributed by atoms with E-state index in [0.717, 1.165) is 0 Å². The lowest BCUT2D eigenvalue weighted by Gasteiger charge is -2.32. The highest BCUT2D eigenvalue weighted by Gasteiger charge is 2.17. The molecule has 1 N–H and O–H groups in total. The van der Waals surface area contributed by atoms with Gasteiger partial charge in [-0.3, -0.25) is 10.4 Å². The van der Waals surface area contributed by atoms with Gasteiger partial charge < -0.3 is 0 Å². The normalized spacial score (nSPS) is 16.6. The third kappa shape index (κ3) is 1.71. The van der Waals surface area contributed by atoms with Gasteiger partial charge in [0.25, 0.3) is 0 Å². The molecule has 1 aliphatic heterocycles. The maximum atomic E-state index is 3.42. The van der Waals surface area contributed by atoms with Crippen LogP contribution in [0.15, 0.2) is 47.2 Å². The van der Waals surface area contributed by atoms with Crippen molar-refractivity contribution in [1.82, 2.24) is 10.4 Å². The van der Waals surface area contributed by atoms with E-state index in [-0.39, 0.29) is 0 Å². The van der Waals surface area contributed by atoms with Gasteiger partial charge in [0.15, 0.2) is 0 Å². The molecule has 2 heteroatoms. The lowest BCUT2D eigenvalue weighted by atomic mass is 9.99. The first-order chi connectivity index (χ1) is 7.61. The Morgan fingerprint density at radius 3 is 2.19 bits per heavy atom. The van der Waals surface area contributed by atoms with Crippen molar-refractivity contribution in [1.29, 1.82) is 0 Å². The SMILES string of the molecule is CC1=C(c2ccccc2)NN(C)C(C)=C1C. The van der Waals surface area contributed by atoms with E-state index in [0.29, 0.717) is 0 Å². The Bertz CT molecular complexity index is 455. The van der Waals surface area contributed by atoms with E-state index in [1.165, 1.54) is 28.1 Å². The zero-order valence-electron chi connectivity index (χ0n) is 10.3. The molecule has 1 heterocycles. The maximum absolute atomic E-state index is 3.42. The number of nitrogens with zero attached hydrogens (tertiary/aromatic N) is 1. The Labute approximate surface area is 97.2 Å². The summed E-state index contributed by atoms with van der Waals surface area (Å²) in [6, 6.07) is 10.4. The summed E-state index contributed by atoms with van der Waals surface area (Å²) in [4.78, 5) is 0. The van der Waals surface area contributed by atoms with Crippen LogP contribution in [-0.2, 0) is 0 Å². The van der Waals surface area contributed by atoms with Crippen molar-refractivity contribution < 1.29 is 0 Å². The highest BCUT2D eigenvalue weighted by molar-refractivity contribution is 5.71. The Hall–Kier alpha value is -1.70. The topological polar surface area (TPSA) is 15.3 Å². The minimum Gasteiger partial charge on any atom is -0.298 e. The first-order valence-corrected chi connectivity index (χ1v) is 5.56. The van der Waals surface area contributed by atoms with Crippen molar-refractivity contribution in [3.05, 3.63) is 52.7 Å². The van der Waals surface area contributed by atoms with Gasteiger partial charge in [-0.25, -0.2) is 0 Å². The molecule has 0 spiro atoms. The highest BCUT2D eigenvalue weighted by atomic mass is 15.5. The summed E-state index contributed by atoms with van der Waals surface area (Å²) >= 11 is 0. The predicted molar refractivity (Wildman–Crippen MR) is 68.3 cm³/mol. The van der Waals surface area contributed by atoms with E-state index in [2.05, 4.69) is 55.5 Å². The van der Waals surface area contributed by atoms with Crippen LogP contribution in [0, 0.1) is 0 Å². The molecule has 0 aromatic heterocycles. The largest absolute Gasteiger partial charge is 0.298 e. The molecule has 2 nitrogen and oxygen atoms in total. The smallest absolute Gasteiger partial charge is 0.0646 e. The van der Waals surface area contributed by atoms with E-state index in [1.807, 2.05) is 13.1 Å². The quantitative estimate of drug-likeness (QED) is 0.772. The van der Waals surface area contributed by atoms with Crippen LogP contribution >= 0.6 is 0 Å². The summed E-state index contributed by atoms with van der Waals surface area (Å²) in [5, 5.41) is 2.07. The van der Waals surface area contributed by atoms with Crippen LogP contribution in [0.4, 0.5) is 0 Å². The maximum Gasteiger partial charge on any atom is 0.0646 e. The lowest BCUT2D eigenvalue weighted by molar-refractivity contribution is 0.352. The molecule has 0 unspecified atom stereocenters. The summed E-state index contributed by atoms with van der Waals surface area (Å²) < 4.78 is 0. The van der Waals surface area contributed by atoms with Crippen molar-refractivity contribution in [2.75, 3.05) is 7.05 Å². The van der Waals surface area contributed by atoms with Gasteiger partial charge in [0, 0.05) is 12.7 Å². The van der Waals surface area contributed by atoms with Crippen molar-refractivity contribution in [2.24, 2.45) is 0 Å². The molecule has 0 amide bonds. The third-order valence-corrected chi connectivity index (χ3v) is 3.33. The second-order valence-corrected chi connectivity index (χ2v) is 4.25. The Morgan fingerprint density at radius 1 is 0.938 bits per heavy atom. The third-order valence-electron chi connectivity index (χ3n) is 3.33. The average molecular weight is 214 g/mol. The number of hydrogen-bond donors (Lipinski definition) is 1. The molecule has 0 radical (unpaired) electrons. The summed E-state index contributed by atoms with van der Waals surface area (Å²) in [5.41, 5.74) is 9.80. The molecule has 0 aliphatic carbocycles. The first kappa shape index (κ1) is 10.8. The van der Waals surface area contributed by atoms with Gasteiger partial charge >= 0.3 is 0 Å². The molecular weight excluding hydrogens is 196 g/mol. The van der Waals surface area contributed by atoms with Crippen LogP contribution in [0.2, 0.25) is 0 Å². The van der Waals surface area contributed by atoms with Crippen LogP contribution in [0.25, 0.3) is 5.70 Å². The van der Waals surface area contributed by atoms with E-state index in [4.69, 9.17) is 0 Å². The molecule has 84 valence electrons. The van der Waals surface area contributed by atoms with Crippen molar-refractivity contribution in [3.63, 3.8) is 0 Å². The van der Waals surface area contributed by atoms with E-state index >= 15 is 0 Å². The molecule has 0 atom stereocenters. The highest BCUT2D eigenvalue weighted by Crippen LogP contribution is 2.28. The summed E-state index contributed by atoms with van der Waals surface area (Å²) in [7, 11) is 2.05. The van der Waals surface area contributed by atoms with Crippen LogP contribution in [0.5, 0.6) is 0 Å². The molecule has 1 aromatic rings. The van der Waals surface area contributed by atoms with Gasteiger partial charge in [-0.05, 0) is 37.5 Å². The average Bonchev–Trinajstić information content (AvgIpc) is 2.32. The minimum absolute atomic E-state index is 1.20. The lowest BCUT2D eigenvalue weighted by Crippen LogP contribution is -2.35. The standard InChI is InChI=1S/C14H18N2/c1-10-11(2)14(15-16(4)12(10)3)13-8-6-5-7-9-13/h5-9,15H,1-4H3. The number of hydrazine groups is 1. The van der Waals surface area contributed by atoms with E-state index in [1.54, 1.807) is 0 Å². The molecule has 16 heavy (non-hydrogen) atoms. The van der Waals surface area contributed by atoms with Crippen molar-refractivity contribution in [2.45, 2.75) is 20.8 Å². The van der Waals surface area contributed by atoms with Crippen LogP contribution < -0.4 is 5.43 Å². The minimum atomic E-state index is 1.20. The van der Waals surface area contributed by atoms with Gasteiger partial charge in [0.05, 0.1) is 5.70 Å². The molecule has 0 saturated heterocycles. The number of allylic oxidation sites excluding steroid dienone is 3. The first-order valence-electron chi connectivity index (χ1n) is 5.56. The number of nitrogens with one attached hydrogen (secondary N) is 1. The number of hydrogen-bond acceptors (Lipinski definition) is 2. The second kappa shape index (κ2) is 4.05. The molecule has 1 aromatic carbocycles. The Morgan fingerprint density at radius 2 is 1.56 bits per heavy atom. The van der Waals surface area contributed by atoms with Crippen molar-refractivity contribution >= 4 is 5.70 Å². The fourth-order valence-corrected chi connectivity index (χ4v) is 1.93. The summed E-state index contributed by atoms with van der Waals surface area (Å²) in [6.07, 6.45) is 0. The molecule has 0 bridgehead atoms. The fourth-order valence-electron chi connectivity index (χ4n) is 1.93. The summed E-state index contributed by atoms with van der Waals surface area (Å²) in [5.74, 6) is 0. The van der Waals surface area contributed by atoms with E-state index in [9.17, 15) is 0 Å². The molecule has 0 saturated carbocycles. The van der Waals surface area contributed by atoms with Gasteiger partial charge in [-0.15, -0.1) is 0 Å². The molecule has 0 fully saturated rings. The van der Waals surface area contributed by atoms with E-state index < -0.39 is 0 Å². The zero-order chi connectivity index (χ0) is 11.7. The molecule has 2 rings (SSSR count). The number of rotatable bonds is 1. The fraction of sp³-hybridized carbons (Fsp3) is 0.286. The predicted octanol–water partition coefficient (Wildman–Crippen LogP) is 3.16. The van der Waals surface area contributed by atoms with Crippen LogP contribution in [0.3, 0.4) is 0 Å². The summed E-state index contributed by atoms with van der Waals surface area (Å²) in [6.45, 7) is 6.47. The monoisotopic (exact) mass is 214 g/mol.